The maximum Gasteiger partial charge on any atom is 0.165 e. The van der Waals surface area contributed by atoms with Gasteiger partial charge in [-0.15, -0.1) is 0 Å². The SMILES string of the molecule is CC1CCC(COc2ccc(C=O)cc2F)O1. The monoisotopic (exact) mass is 238 g/mol. The largest absolute Gasteiger partial charge is 0.488 e. The summed E-state index contributed by atoms with van der Waals surface area (Å²) in [5.41, 5.74) is 0.306. The summed E-state index contributed by atoms with van der Waals surface area (Å²) >= 11 is 0. The number of hydrogen-bond acceptors (Lipinski definition) is 3. The van der Waals surface area contributed by atoms with Crippen molar-refractivity contribution in [2.24, 2.45) is 0 Å². The molecule has 0 radical (unpaired) electrons. The third-order valence-electron chi connectivity index (χ3n) is 2.84. The minimum absolute atomic E-state index is 0.0372. The van der Waals surface area contributed by atoms with Crippen molar-refractivity contribution in [1.82, 2.24) is 0 Å². The van der Waals surface area contributed by atoms with Crippen LogP contribution in [0.4, 0.5) is 4.39 Å². The van der Waals surface area contributed by atoms with Crippen LogP contribution in [0.1, 0.15) is 30.1 Å². The van der Waals surface area contributed by atoms with Crippen molar-refractivity contribution in [3.05, 3.63) is 29.6 Å². The molecule has 17 heavy (non-hydrogen) atoms. The number of aldehydes is 1. The highest BCUT2D eigenvalue weighted by Gasteiger charge is 2.22. The predicted molar refractivity (Wildman–Crippen MR) is 60.9 cm³/mol. The van der Waals surface area contributed by atoms with Crippen molar-refractivity contribution in [3.63, 3.8) is 0 Å². The highest BCUT2D eigenvalue weighted by atomic mass is 19.1. The lowest BCUT2D eigenvalue weighted by Crippen LogP contribution is -2.18. The Morgan fingerprint density at radius 1 is 1.53 bits per heavy atom. The van der Waals surface area contributed by atoms with Gasteiger partial charge in [-0.25, -0.2) is 4.39 Å². The summed E-state index contributed by atoms with van der Waals surface area (Å²) in [6, 6.07) is 4.17. The lowest BCUT2D eigenvalue weighted by atomic mass is 10.2. The van der Waals surface area contributed by atoms with E-state index in [1.807, 2.05) is 6.92 Å². The zero-order valence-electron chi connectivity index (χ0n) is 9.69. The molecule has 1 aliphatic rings. The van der Waals surface area contributed by atoms with Gasteiger partial charge in [0.2, 0.25) is 0 Å². The van der Waals surface area contributed by atoms with Gasteiger partial charge < -0.3 is 9.47 Å². The number of benzene rings is 1. The van der Waals surface area contributed by atoms with Gasteiger partial charge in [0.25, 0.3) is 0 Å². The molecule has 1 aromatic carbocycles. The van der Waals surface area contributed by atoms with Gasteiger partial charge >= 0.3 is 0 Å². The third-order valence-corrected chi connectivity index (χ3v) is 2.84. The first kappa shape index (κ1) is 12.0. The topological polar surface area (TPSA) is 35.5 Å². The first-order chi connectivity index (χ1) is 8.19. The van der Waals surface area contributed by atoms with Crippen molar-refractivity contribution >= 4 is 6.29 Å². The molecule has 2 unspecified atom stereocenters. The number of rotatable bonds is 4. The second-order valence-corrected chi connectivity index (χ2v) is 4.26. The Labute approximate surface area is 99.5 Å². The van der Waals surface area contributed by atoms with E-state index in [-0.39, 0.29) is 18.0 Å². The van der Waals surface area contributed by atoms with Crippen LogP contribution in [0.2, 0.25) is 0 Å². The van der Waals surface area contributed by atoms with Gasteiger partial charge in [-0.05, 0) is 38.0 Å². The van der Waals surface area contributed by atoms with Crippen LogP contribution in [-0.2, 0) is 4.74 Å². The Balaban J connectivity index is 1.92. The van der Waals surface area contributed by atoms with Crippen LogP contribution < -0.4 is 4.74 Å². The van der Waals surface area contributed by atoms with Crippen LogP contribution >= 0.6 is 0 Å². The Morgan fingerprint density at radius 2 is 2.35 bits per heavy atom. The van der Waals surface area contributed by atoms with Crippen molar-refractivity contribution in [1.29, 1.82) is 0 Å². The molecule has 0 aromatic heterocycles. The van der Waals surface area contributed by atoms with Gasteiger partial charge in [0.05, 0.1) is 12.2 Å². The van der Waals surface area contributed by atoms with E-state index >= 15 is 0 Å². The molecule has 0 saturated carbocycles. The summed E-state index contributed by atoms with van der Waals surface area (Å²) in [4.78, 5) is 10.4. The predicted octanol–water partition coefficient (Wildman–Crippen LogP) is 2.58. The third kappa shape index (κ3) is 3.03. The second kappa shape index (κ2) is 5.27. The molecule has 4 heteroatoms. The zero-order chi connectivity index (χ0) is 12.3. The van der Waals surface area contributed by atoms with Gasteiger partial charge in [-0.2, -0.15) is 0 Å². The van der Waals surface area contributed by atoms with Gasteiger partial charge in [0, 0.05) is 5.56 Å². The number of halogens is 1. The molecule has 0 spiro atoms. The van der Waals surface area contributed by atoms with E-state index in [9.17, 15) is 9.18 Å². The molecule has 0 N–H and O–H groups in total. The quantitative estimate of drug-likeness (QED) is 0.756. The fourth-order valence-electron chi connectivity index (χ4n) is 1.90. The molecule has 92 valence electrons. The van der Waals surface area contributed by atoms with E-state index in [4.69, 9.17) is 9.47 Å². The fourth-order valence-corrected chi connectivity index (χ4v) is 1.90. The van der Waals surface area contributed by atoms with E-state index in [0.717, 1.165) is 12.8 Å². The molecule has 1 aliphatic heterocycles. The van der Waals surface area contributed by atoms with Crippen molar-refractivity contribution in [2.45, 2.75) is 32.0 Å². The van der Waals surface area contributed by atoms with Crippen LogP contribution in [0.5, 0.6) is 5.75 Å². The Bertz CT molecular complexity index is 406. The van der Waals surface area contributed by atoms with E-state index < -0.39 is 5.82 Å². The minimum atomic E-state index is -0.513. The minimum Gasteiger partial charge on any atom is -0.488 e. The first-order valence-electron chi connectivity index (χ1n) is 5.72. The number of ether oxygens (including phenoxy) is 2. The van der Waals surface area contributed by atoms with Gasteiger partial charge in [-0.1, -0.05) is 0 Å². The summed E-state index contributed by atoms with van der Waals surface area (Å²) < 4.78 is 24.4. The van der Waals surface area contributed by atoms with Crippen molar-refractivity contribution < 1.29 is 18.7 Å². The average Bonchev–Trinajstić information content (AvgIpc) is 2.73. The van der Waals surface area contributed by atoms with Gasteiger partial charge in [0.15, 0.2) is 11.6 Å². The molecule has 2 rings (SSSR count). The highest BCUT2D eigenvalue weighted by Crippen LogP contribution is 2.22. The Hall–Kier alpha value is -1.42. The summed E-state index contributed by atoms with van der Waals surface area (Å²) in [6.07, 6.45) is 2.85. The van der Waals surface area contributed by atoms with Gasteiger partial charge in [0.1, 0.15) is 12.9 Å². The molecule has 0 bridgehead atoms. The lowest BCUT2D eigenvalue weighted by molar-refractivity contribution is 0.0256. The zero-order valence-corrected chi connectivity index (χ0v) is 9.69. The Morgan fingerprint density at radius 3 is 2.94 bits per heavy atom. The maximum absolute atomic E-state index is 13.5. The molecule has 1 saturated heterocycles. The maximum atomic E-state index is 13.5. The summed E-state index contributed by atoms with van der Waals surface area (Å²) in [5, 5.41) is 0. The fraction of sp³-hybridized carbons (Fsp3) is 0.462. The summed E-state index contributed by atoms with van der Waals surface area (Å²) in [5.74, 6) is -0.348. The summed E-state index contributed by atoms with van der Waals surface area (Å²) in [6.45, 7) is 2.36. The molecule has 3 nitrogen and oxygen atoms in total. The average molecular weight is 238 g/mol. The molecule has 1 heterocycles. The van der Waals surface area contributed by atoms with Crippen LogP contribution in [0.3, 0.4) is 0 Å². The van der Waals surface area contributed by atoms with Crippen molar-refractivity contribution in [3.8, 4) is 5.75 Å². The second-order valence-electron chi connectivity index (χ2n) is 4.26. The van der Waals surface area contributed by atoms with Crippen LogP contribution in [0.25, 0.3) is 0 Å². The van der Waals surface area contributed by atoms with E-state index in [0.29, 0.717) is 18.5 Å². The molecule has 1 fully saturated rings. The first-order valence-corrected chi connectivity index (χ1v) is 5.72. The van der Waals surface area contributed by atoms with Crippen LogP contribution in [-0.4, -0.2) is 25.1 Å². The van der Waals surface area contributed by atoms with Gasteiger partial charge in [-0.3, -0.25) is 4.79 Å². The Kier molecular flexibility index (Phi) is 3.74. The van der Waals surface area contributed by atoms with E-state index in [1.54, 1.807) is 0 Å². The molecule has 0 aliphatic carbocycles. The van der Waals surface area contributed by atoms with Crippen LogP contribution in [0, 0.1) is 5.82 Å². The summed E-state index contributed by atoms with van der Waals surface area (Å²) in [7, 11) is 0. The molecular weight excluding hydrogens is 223 g/mol. The van der Waals surface area contributed by atoms with Crippen LogP contribution in [0.15, 0.2) is 18.2 Å². The lowest BCUT2D eigenvalue weighted by Gasteiger charge is -2.13. The molecule has 2 atom stereocenters. The number of carbonyl (C=O) groups excluding carboxylic acids is 1. The van der Waals surface area contributed by atoms with E-state index in [1.165, 1.54) is 18.2 Å². The standard InChI is InChI=1S/C13H15FO3/c1-9-2-4-11(17-9)8-16-13-5-3-10(7-15)6-12(13)14/h3,5-7,9,11H,2,4,8H2,1H3. The molecule has 0 amide bonds. The smallest absolute Gasteiger partial charge is 0.165 e. The normalized spacial score (nSPS) is 23.6. The number of hydrogen-bond donors (Lipinski definition) is 0. The number of carbonyl (C=O) groups is 1. The van der Waals surface area contributed by atoms with E-state index in [2.05, 4.69) is 0 Å². The molecule has 1 aromatic rings. The van der Waals surface area contributed by atoms with Crippen molar-refractivity contribution in [2.75, 3.05) is 6.61 Å². The highest BCUT2D eigenvalue weighted by molar-refractivity contribution is 5.74. The molecular formula is C13H15FO3.